The first-order valence-corrected chi connectivity index (χ1v) is 20.9. The lowest BCUT2D eigenvalue weighted by molar-refractivity contribution is 0.590. The number of nitrogens with zero attached hydrogens (tertiary/aromatic N) is 1. The lowest BCUT2D eigenvalue weighted by Gasteiger charge is -2.31. The van der Waals surface area contributed by atoms with Crippen molar-refractivity contribution in [1.29, 1.82) is 0 Å². The van der Waals surface area contributed by atoms with Crippen molar-refractivity contribution >= 4 is 59.3 Å². The fourth-order valence-corrected chi connectivity index (χ4v) is 9.48. The first kappa shape index (κ1) is 35.7. The zero-order valence-electron chi connectivity index (χ0n) is 33.0. The quantitative estimate of drug-likeness (QED) is 0.156. The molecule has 0 fully saturated rings. The predicted octanol–water partition coefficient (Wildman–Crippen LogP) is 16.6. The molecule has 9 aromatic carbocycles. The van der Waals surface area contributed by atoms with Crippen LogP contribution in [-0.2, 0) is 5.41 Å². The standard InChI is InChI=1S/C56H43NS/c1-56(2,3)45-30-26-40(27-31-45)44-29-33-51(49(36-44)41-16-8-5-9-17-41)57(46-32-35-54-50(37-46)48-20-12-13-21-53(48)58-54)52-34-28-42-18-10-11-19-47(42)55(52)43-24-22-39(23-25-43)38-14-6-4-7-15-38/h4-37H,1-3H3. The number of hydrogen-bond donors (Lipinski definition) is 0. The van der Waals surface area contributed by atoms with Crippen LogP contribution in [0, 0.1) is 0 Å². The Morgan fingerprint density at radius 3 is 1.67 bits per heavy atom. The molecule has 0 atom stereocenters. The minimum absolute atomic E-state index is 0.0897. The third-order valence-electron chi connectivity index (χ3n) is 11.5. The maximum atomic E-state index is 2.51. The fraction of sp³-hybridized carbons (Fsp3) is 0.0714. The van der Waals surface area contributed by atoms with Gasteiger partial charge in [0, 0.05) is 37.0 Å². The van der Waals surface area contributed by atoms with E-state index in [1.165, 1.54) is 81.0 Å². The topological polar surface area (TPSA) is 3.24 Å². The Labute approximate surface area is 345 Å². The van der Waals surface area contributed by atoms with Gasteiger partial charge >= 0.3 is 0 Å². The van der Waals surface area contributed by atoms with Gasteiger partial charge in [0.25, 0.3) is 0 Å². The number of benzene rings is 9. The summed E-state index contributed by atoms with van der Waals surface area (Å²) in [5, 5.41) is 4.99. The fourth-order valence-electron chi connectivity index (χ4n) is 8.39. The van der Waals surface area contributed by atoms with Crippen LogP contribution in [0.5, 0.6) is 0 Å². The van der Waals surface area contributed by atoms with E-state index in [-0.39, 0.29) is 5.41 Å². The largest absolute Gasteiger partial charge is 0.309 e. The molecule has 1 nitrogen and oxygen atoms in total. The van der Waals surface area contributed by atoms with Crippen molar-refractivity contribution in [2.75, 3.05) is 4.90 Å². The van der Waals surface area contributed by atoms with Gasteiger partial charge in [-0.3, -0.25) is 0 Å². The van der Waals surface area contributed by atoms with E-state index in [1.54, 1.807) is 0 Å². The highest BCUT2D eigenvalue weighted by Gasteiger charge is 2.24. The number of anilines is 3. The Balaban J connectivity index is 1.24. The van der Waals surface area contributed by atoms with E-state index >= 15 is 0 Å². The molecule has 0 N–H and O–H groups in total. The molecule has 278 valence electrons. The Morgan fingerprint density at radius 2 is 0.931 bits per heavy atom. The second kappa shape index (κ2) is 14.6. The molecule has 0 unspecified atom stereocenters. The molecule has 0 amide bonds. The number of thiophene rings is 1. The van der Waals surface area contributed by atoms with Gasteiger partial charge in [-0.25, -0.2) is 0 Å². The summed E-state index contributed by atoms with van der Waals surface area (Å²) in [4.78, 5) is 2.51. The molecular formula is C56H43NS. The summed E-state index contributed by atoms with van der Waals surface area (Å²) in [6.07, 6.45) is 0. The molecule has 10 aromatic rings. The molecule has 0 aliphatic rings. The van der Waals surface area contributed by atoms with Crippen molar-refractivity contribution in [3.05, 3.63) is 212 Å². The lowest BCUT2D eigenvalue weighted by atomic mass is 9.86. The molecule has 58 heavy (non-hydrogen) atoms. The molecule has 0 saturated carbocycles. The molecule has 0 radical (unpaired) electrons. The van der Waals surface area contributed by atoms with Crippen LogP contribution in [0.15, 0.2) is 206 Å². The van der Waals surface area contributed by atoms with Crippen molar-refractivity contribution in [2.24, 2.45) is 0 Å². The molecular weight excluding hydrogens is 719 g/mol. The molecule has 0 spiro atoms. The molecule has 1 aromatic heterocycles. The normalized spacial score (nSPS) is 11.7. The molecule has 0 aliphatic carbocycles. The highest BCUT2D eigenvalue weighted by Crippen LogP contribution is 2.49. The highest BCUT2D eigenvalue weighted by atomic mass is 32.1. The van der Waals surface area contributed by atoms with E-state index in [9.17, 15) is 0 Å². The summed E-state index contributed by atoms with van der Waals surface area (Å²) >= 11 is 1.86. The van der Waals surface area contributed by atoms with Gasteiger partial charge in [0.2, 0.25) is 0 Å². The van der Waals surface area contributed by atoms with E-state index in [0.717, 1.165) is 17.1 Å². The summed E-state index contributed by atoms with van der Waals surface area (Å²) in [5.41, 5.74) is 14.3. The van der Waals surface area contributed by atoms with Crippen molar-refractivity contribution in [2.45, 2.75) is 26.2 Å². The second-order valence-electron chi connectivity index (χ2n) is 16.2. The Hall–Kier alpha value is -6.74. The zero-order valence-corrected chi connectivity index (χ0v) is 33.8. The zero-order chi connectivity index (χ0) is 39.2. The van der Waals surface area contributed by atoms with Crippen LogP contribution in [0.3, 0.4) is 0 Å². The van der Waals surface area contributed by atoms with Gasteiger partial charge in [0.05, 0.1) is 11.4 Å². The minimum atomic E-state index is 0.0897. The van der Waals surface area contributed by atoms with Crippen LogP contribution < -0.4 is 4.90 Å². The van der Waals surface area contributed by atoms with Crippen molar-refractivity contribution in [3.8, 4) is 44.5 Å². The Kier molecular flexibility index (Phi) is 9.00. The van der Waals surface area contributed by atoms with E-state index in [4.69, 9.17) is 0 Å². The smallest absolute Gasteiger partial charge is 0.0546 e. The minimum Gasteiger partial charge on any atom is -0.309 e. The van der Waals surface area contributed by atoms with Gasteiger partial charge in [-0.05, 0) is 97.6 Å². The van der Waals surface area contributed by atoms with Crippen molar-refractivity contribution in [3.63, 3.8) is 0 Å². The maximum absolute atomic E-state index is 2.51. The van der Waals surface area contributed by atoms with E-state index < -0.39 is 0 Å². The number of rotatable bonds is 7. The third kappa shape index (κ3) is 6.56. The third-order valence-corrected chi connectivity index (χ3v) is 12.6. The van der Waals surface area contributed by atoms with Crippen LogP contribution in [0.1, 0.15) is 26.3 Å². The average molecular weight is 762 g/mol. The average Bonchev–Trinajstić information content (AvgIpc) is 3.65. The first-order valence-electron chi connectivity index (χ1n) is 20.1. The van der Waals surface area contributed by atoms with Crippen LogP contribution in [0.25, 0.3) is 75.5 Å². The number of fused-ring (bicyclic) bond motifs is 4. The van der Waals surface area contributed by atoms with Gasteiger partial charge in [-0.15, -0.1) is 11.3 Å². The number of hydrogen-bond acceptors (Lipinski definition) is 2. The molecule has 0 saturated heterocycles. The van der Waals surface area contributed by atoms with Crippen LogP contribution >= 0.6 is 11.3 Å². The van der Waals surface area contributed by atoms with E-state index in [0.29, 0.717) is 0 Å². The molecule has 10 rings (SSSR count). The summed E-state index contributed by atoms with van der Waals surface area (Å²) < 4.78 is 2.59. The highest BCUT2D eigenvalue weighted by molar-refractivity contribution is 7.25. The van der Waals surface area contributed by atoms with Gasteiger partial charge in [0.15, 0.2) is 0 Å². The monoisotopic (exact) mass is 761 g/mol. The first-order chi connectivity index (χ1) is 28.4. The van der Waals surface area contributed by atoms with Crippen LogP contribution in [-0.4, -0.2) is 0 Å². The molecule has 0 aliphatic heterocycles. The van der Waals surface area contributed by atoms with Gasteiger partial charge < -0.3 is 4.90 Å². The molecule has 1 heterocycles. The Bertz CT molecular complexity index is 3060. The summed E-state index contributed by atoms with van der Waals surface area (Å²) in [5.74, 6) is 0. The van der Waals surface area contributed by atoms with E-state index in [2.05, 4.69) is 232 Å². The van der Waals surface area contributed by atoms with Crippen molar-refractivity contribution in [1.82, 2.24) is 0 Å². The van der Waals surface area contributed by atoms with E-state index in [1.807, 2.05) is 11.3 Å². The van der Waals surface area contributed by atoms with Gasteiger partial charge in [-0.1, -0.05) is 185 Å². The summed E-state index contributed by atoms with van der Waals surface area (Å²) in [7, 11) is 0. The van der Waals surface area contributed by atoms with Crippen LogP contribution in [0.2, 0.25) is 0 Å². The van der Waals surface area contributed by atoms with Gasteiger partial charge in [-0.2, -0.15) is 0 Å². The second-order valence-corrected chi connectivity index (χ2v) is 17.2. The predicted molar refractivity (Wildman–Crippen MR) is 252 cm³/mol. The van der Waals surface area contributed by atoms with Crippen LogP contribution in [0.4, 0.5) is 17.1 Å². The summed E-state index contributed by atoms with van der Waals surface area (Å²) in [6, 6.07) is 76.0. The SMILES string of the molecule is CC(C)(C)c1ccc(-c2ccc(N(c3ccc4sc5ccccc5c4c3)c3ccc4ccccc4c3-c3ccc(-c4ccccc4)cc3)c(-c3ccccc3)c2)cc1. The molecule has 0 bridgehead atoms. The maximum Gasteiger partial charge on any atom is 0.0546 e. The summed E-state index contributed by atoms with van der Waals surface area (Å²) in [6.45, 7) is 6.81. The lowest BCUT2D eigenvalue weighted by Crippen LogP contribution is -2.13. The molecule has 2 heteroatoms. The Morgan fingerprint density at radius 1 is 0.379 bits per heavy atom. The van der Waals surface area contributed by atoms with Crippen molar-refractivity contribution < 1.29 is 0 Å². The van der Waals surface area contributed by atoms with Gasteiger partial charge in [0.1, 0.15) is 0 Å².